The molecule has 0 unspecified atom stereocenters. The van der Waals surface area contributed by atoms with E-state index < -0.39 is 0 Å². The topological polar surface area (TPSA) is 13.1 Å². The first-order chi connectivity index (χ1) is 6.79. The van der Waals surface area contributed by atoms with Crippen molar-refractivity contribution in [1.82, 2.24) is 0 Å². The van der Waals surface area contributed by atoms with Crippen LogP contribution in [0.2, 0.25) is 0 Å². The summed E-state index contributed by atoms with van der Waals surface area (Å²) in [7, 11) is 0. The smallest absolute Gasteiger partial charge is 0.134 e. The first-order valence-electron chi connectivity index (χ1n) is 4.20. The van der Waals surface area contributed by atoms with Gasteiger partial charge in [0.1, 0.15) is 17.3 Å². The van der Waals surface area contributed by atoms with Crippen LogP contribution in [0.1, 0.15) is 5.76 Å². The Labute approximate surface area is 86.1 Å². The Kier molecular flexibility index (Phi) is 2.55. The minimum atomic E-state index is -0.252. The monoisotopic (exact) mass is 210 g/mol. The SMILES string of the molecule is Fc1ccc(-c2ccc(CCl)o2)cc1. The summed E-state index contributed by atoms with van der Waals surface area (Å²) in [6.45, 7) is 0. The molecule has 0 atom stereocenters. The average Bonchev–Trinajstić information content (AvgIpc) is 2.67. The maximum atomic E-state index is 12.6. The molecule has 0 aliphatic heterocycles. The van der Waals surface area contributed by atoms with Crippen LogP contribution >= 0.6 is 11.6 Å². The van der Waals surface area contributed by atoms with Crippen molar-refractivity contribution in [3.05, 3.63) is 48.0 Å². The van der Waals surface area contributed by atoms with Crippen molar-refractivity contribution in [2.45, 2.75) is 5.88 Å². The van der Waals surface area contributed by atoms with Gasteiger partial charge in [0, 0.05) is 5.56 Å². The van der Waals surface area contributed by atoms with Crippen molar-refractivity contribution in [3.63, 3.8) is 0 Å². The average molecular weight is 211 g/mol. The maximum Gasteiger partial charge on any atom is 0.134 e. The molecule has 1 heterocycles. The Morgan fingerprint density at radius 2 is 1.79 bits per heavy atom. The number of furan rings is 1. The van der Waals surface area contributed by atoms with E-state index >= 15 is 0 Å². The highest BCUT2D eigenvalue weighted by atomic mass is 35.5. The molecule has 14 heavy (non-hydrogen) atoms. The van der Waals surface area contributed by atoms with E-state index in [-0.39, 0.29) is 5.82 Å². The van der Waals surface area contributed by atoms with E-state index in [1.165, 1.54) is 12.1 Å². The van der Waals surface area contributed by atoms with Crippen molar-refractivity contribution >= 4 is 11.6 Å². The molecule has 0 saturated heterocycles. The zero-order valence-electron chi connectivity index (χ0n) is 7.34. The fourth-order valence-corrected chi connectivity index (χ4v) is 1.36. The molecule has 0 amide bonds. The van der Waals surface area contributed by atoms with Crippen LogP contribution in [-0.4, -0.2) is 0 Å². The second-order valence-electron chi connectivity index (χ2n) is 2.91. The van der Waals surface area contributed by atoms with Crippen LogP contribution in [0, 0.1) is 5.82 Å². The van der Waals surface area contributed by atoms with E-state index in [1.807, 2.05) is 12.1 Å². The molecule has 0 spiro atoms. The van der Waals surface area contributed by atoms with E-state index in [9.17, 15) is 4.39 Å². The third-order valence-electron chi connectivity index (χ3n) is 1.92. The Hall–Kier alpha value is -1.28. The molecule has 0 radical (unpaired) electrons. The summed E-state index contributed by atoms with van der Waals surface area (Å²) >= 11 is 5.60. The summed E-state index contributed by atoms with van der Waals surface area (Å²) in [4.78, 5) is 0. The molecule has 1 nitrogen and oxygen atoms in total. The van der Waals surface area contributed by atoms with Crippen LogP contribution in [0.5, 0.6) is 0 Å². The largest absolute Gasteiger partial charge is 0.460 e. The van der Waals surface area contributed by atoms with Crippen LogP contribution in [0.25, 0.3) is 11.3 Å². The minimum absolute atomic E-state index is 0.252. The Morgan fingerprint density at radius 1 is 1.07 bits per heavy atom. The lowest BCUT2D eigenvalue weighted by molar-refractivity contribution is 0.543. The van der Waals surface area contributed by atoms with Crippen LogP contribution in [0.4, 0.5) is 4.39 Å². The van der Waals surface area contributed by atoms with Crippen LogP contribution in [0.15, 0.2) is 40.8 Å². The molecule has 0 aliphatic rings. The molecule has 0 saturated carbocycles. The van der Waals surface area contributed by atoms with E-state index in [0.717, 1.165) is 5.56 Å². The number of hydrogen-bond acceptors (Lipinski definition) is 1. The number of halogens is 2. The molecule has 2 rings (SSSR count). The predicted octanol–water partition coefficient (Wildman–Crippen LogP) is 3.82. The van der Waals surface area contributed by atoms with Crippen molar-refractivity contribution in [2.24, 2.45) is 0 Å². The Balaban J connectivity index is 2.34. The Bertz CT molecular complexity index is 419. The summed E-state index contributed by atoms with van der Waals surface area (Å²) in [6.07, 6.45) is 0. The van der Waals surface area contributed by atoms with Gasteiger partial charge in [0.15, 0.2) is 0 Å². The lowest BCUT2D eigenvalue weighted by Gasteiger charge is -1.95. The summed E-state index contributed by atoms with van der Waals surface area (Å²) in [5.74, 6) is 1.52. The second kappa shape index (κ2) is 3.84. The molecule has 0 fully saturated rings. The van der Waals surface area contributed by atoms with E-state index in [4.69, 9.17) is 16.0 Å². The van der Waals surface area contributed by atoms with Gasteiger partial charge in [0.2, 0.25) is 0 Å². The zero-order valence-corrected chi connectivity index (χ0v) is 8.09. The third-order valence-corrected chi connectivity index (χ3v) is 2.19. The van der Waals surface area contributed by atoms with Crippen molar-refractivity contribution in [1.29, 1.82) is 0 Å². The van der Waals surface area contributed by atoms with Gasteiger partial charge in [-0.25, -0.2) is 4.39 Å². The van der Waals surface area contributed by atoms with Crippen LogP contribution < -0.4 is 0 Å². The molecule has 1 aromatic heterocycles. The highest BCUT2D eigenvalue weighted by molar-refractivity contribution is 6.16. The normalized spacial score (nSPS) is 10.4. The number of alkyl halides is 1. The van der Waals surface area contributed by atoms with Crippen LogP contribution in [0.3, 0.4) is 0 Å². The second-order valence-corrected chi connectivity index (χ2v) is 3.17. The van der Waals surface area contributed by atoms with Gasteiger partial charge in [-0.1, -0.05) is 0 Å². The highest BCUT2D eigenvalue weighted by Crippen LogP contribution is 2.22. The van der Waals surface area contributed by atoms with Gasteiger partial charge in [0.25, 0.3) is 0 Å². The molecule has 2 aromatic rings. The molecule has 3 heteroatoms. The Morgan fingerprint density at radius 3 is 2.36 bits per heavy atom. The van der Waals surface area contributed by atoms with Gasteiger partial charge in [-0.2, -0.15) is 0 Å². The molecular formula is C11H8ClFO. The van der Waals surface area contributed by atoms with E-state index in [2.05, 4.69) is 0 Å². The number of rotatable bonds is 2. The third kappa shape index (κ3) is 1.80. The van der Waals surface area contributed by atoms with E-state index in [1.54, 1.807) is 12.1 Å². The summed E-state index contributed by atoms with van der Waals surface area (Å²) in [5.41, 5.74) is 0.850. The quantitative estimate of drug-likeness (QED) is 0.687. The fourth-order valence-electron chi connectivity index (χ4n) is 1.22. The van der Waals surface area contributed by atoms with Gasteiger partial charge in [0.05, 0.1) is 5.88 Å². The van der Waals surface area contributed by atoms with Crippen molar-refractivity contribution < 1.29 is 8.81 Å². The summed E-state index contributed by atoms with van der Waals surface area (Å²) in [5, 5.41) is 0. The molecule has 1 aromatic carbocycles. The van der Waals surface area contributed by atoms with Crippen molar-refractivity contribution in [3.8, 4) is 11.3 Å². The van der Waals surface area contributed by atoms with Crippen molar-refractivity contribution in [2.75, 3.05) is 0 Å². The zero-order chi connectivity index (χ0) is 9.97. The van der Waals surface area contributed by atoms with Gasteiger partial charge in [-0.15, -0.1) is 11.6 Å². The highest BCUT2D eigenvalue weighted by Gasteiger charge is 2.03. The molecule has 0 aliphatic carbocycles. The van der Waals surface area contributed by atoms with Gasteiger partial charge >= 0.3 is 0 Å². The molecule has 0 N–H and O–H groups in total. The fraction of sp³-hybridized carbons (Fsp3) is 0.0909. The molecule has 0 bridgehead atoms. The summed E-state index contributed by atoms with van der Waals surface area (Å²) in [6, 6.07) is 9.78. The van der Waals surface area contributed by atoms with Gasteiger partial charge in [-0.05, 0) is 36.4 Å². The number of benzene rings is 1. The molecule has 72 valence electrons. The van der Waals surface area contributed by atoms with Gasteiger partial charge < -0.3 is 4.42 Å². The van der Waals surface area contributed by atoms with Crippen LogP contribution in [-0.2, 0) is 5.88 Å². The predicted molar refractivity (Wildman–Crippen MR) is 53.7 cm³/mol. The lowest BCUT2D eigenvalue weighted by atomic mass is 10.2. The first-order valence-corrected chi connectivity index (χ1v) is 4.73. The molecular weight excluding hydrogens is 203 g/mol. The first kappa shape index (κ1) is 9.28. The maximum absolute atomic E-state index is 12.6. The minimum Gasteiger partial charge on any atom is -0.460 e. The lowest BCUT2D eigenvalue weighted by Crippen LogP contribution is -1.75. The summed E-state index contributed by atoms with van der Waals surface area (Å²) < 4.78 is 18.0. The standard InChI is InChI=1S/C11H8ClFO/c12-7-10-5-6-11(14-10)8-1-3-9(13)4-2-8/h1-6H,7H2. The number of hydrogen-bond donors (Lipinski definition) is 0. The van der Waals surface area contributed by atoms with E-state index in [0.29, 0.717) is 17.4 Å². The van der Waals surface area contributed by atoms with Gasteiger partial charge in [-0.3, -0.25) is 0 Å².